The Balaban J connectivity index is 2.90. The molecule has 0 spiro atoms. The fourth-order valence-electron chi connectivity index (χ4n) is 0.497. The molecule has 0 bridgehead atoms. The van der Waals surface area contributed by atoms with Crippen LogP contribution in [0.3, 0.4) is 0 Å². The number of hydrogen-bond donors (Lipinski definition) is 1. The second-order valence-electron chi connectivity index (χ2n) is 1.63. The predicted molar refractivity (Wildman–Crippen MR) is 38.0 cm³/mol. The number of nitrogens with one attached hydrogen (secondary N) is 1. The molecule has 0 aliphatic carbocycles. The van der Waals surface area contributed by atoms with Gasteiger partial charge >= 0.3 is 65.3 Å². The van der Waals surface area contributed by atoms with Crippen molar-refractivity contribution in [3.63, 3.8) is 0 Å². The quantitative estimate of drug-likeness (QED) is 0.805. The minimum atomic E-state index is -2.61. The van der Waals surface area contributed by atoms with Crippen LogP contribution in [0.1, 0.15) is 0 Å². The Morgan fingerprint density at radius 1 is 1.56 bits per heavy atom. The molecule has 0 unspecified atom stereocenters. The molecule has 0 atom stereocenters. The molecule has 0 aliphatic rings. The molecule has 0 aromatic carbocycles. The molecule has 0 saturated carbocycles. The summed E-state index contributed by atoms with van der Waals surface area (Å²) < 4.78 is 1.02. The molecule has 1 nitrogen and oxygen atoms in total. The molecule has 0 saturated heterocycles. The van der Waals surface area contributed by atoms with E-state index in [4.69, 9.17) is 19.3 Å². The van der Waals surface area contributed by atoms with E-state index in [1.165, 1.54) is 0 Å². The fraction of sp³-hybridized carbons (Fsp3) is 0.200. The number of aromatic amines is 1. The van der Waals surface area contributed by atoms with Crippen LogP contribution in [-0.4, -0.2) is 4.98 Å². The number of H-pyrrole nitrogens is 1. The van der Waals surface area contributed by atoms with Crippen molar-refractivity contribution in [1.82, 2.24) is 4.98 Å². The monoisotopic (exact) mass is 343 g/mol. The van der Waals surface area contributed by atoms with Gasteiger partial charge in [0, 0.05) is 0 Å². The van der Waals surface area contributed by atoms with Crippen molar-refractivity contribution in [3.05, 3.63) is 18.3 Å². The van der Waals surface area contributed by atoms with Crippen molar-refractivity contribution in [2.45, 2.75) is 5.48 Å². The third-order valence-corrected chi connectivity index (χ3v) is 6.44. The first-order valence-corrected chi connectivity index (χ1v) is 12.4. The van der Waals surface area contributed by atoms with Gasteiger partial charge in [0.15, 0.2) is 0 Å². The fourth-order valence-corrected chi connectivity index (χ4v) is 3.70. The Labute approximate surface area is 65.3 Å². The third-order valence-electron chi connectivity index (χ3n) is 0.887. The average molecular weight is 342 g/mol. The van der Waals surface area contributed by atoms with Crippen molar-refractivity contribution in [2.75, 3.05) is 0 Å². The van der Waals surface area contributed by atoms with Gasteiger partial charge in [0.05, 0.1) is 0 Å². The molecule has 0 fully saturated rings. The Bertz CT molecular complexity index is 177. The summed E-state index contributed by atoms with van der Waals surface area (Å²) in [5.41, 5.74) is 1.92. The van der Waals surface area contributed by atoms with Crippen LogP contribution in [0.15, 0.2) is 18.3 Å². The molecular weight excluding hydrogens is 335 g/mol. The average Bonchev–Trinajstić information content (AvgIpc) is 2.08. The van der Waals surface area contributed by atoms with E-state index in [0.29, 0.717) is 0 Å². The van der Waals surface area contributed by atoms with Crippen molar-refractivity contribution < 1.29 is 13.0 Å². The van der Waals surface area contributed by atoms with Crippen LogP contribution < -0.4 is 4.25 Å². The van der Waals surface area contributed by atoms with Gasteiger partial charge < -0.3 is 0 Å². The summed E-state index contributed by atoms with van der Waals surface area (Å²) in [5.74, 6) is 0. The van der Waals surface area contributed by atoms with Crippen LogP contribution in [-0.2, 0) is 13.0 Å². The van der Waals surface area contributed by atoms with Crippen LogP contribution in [0, 0.1) is 0 Å². The Kier molecular flexibility index (Phi) is 2.21. The van der Waals surface area contributed by atoms with Crippen molar-refractivity contribution in [2.24, 2.45) is 0 Å². The number of rotatable bonds is 1. The summed E-state index contributed by atoms with van der Waals surface area (Å²) in [5, 5.41) is 0. The van der Waals surface area contributed by atoms with E-state index in [1.54, 1.807) is 0 Å². The molecule has 9 heavy (non-hydrogen) atoms. The zero-order chi connectivity index (χ0) is 6.91. The van der Waals surface area contributed by atoms with E-state index < -0.39 is 13.0 Å². The number of halogens is 2. The summed E-state index contributed by atoms with van der Waals surface area (Å²) >= 11 is -2.61. The third kappa shape index (κ3) is 1.97. The molecular formula is C5H7Cl2NOs. The SMILES string of the molecule is [CH3][Os]([Cl])([Cl])[c]1ccc[nH]1. The normalized spacial score (nSPS) is 13.7. The van der Waals surface area contributed by atoms with Gasteiger partial charge in [0.25, 0.3) is 0 Å². The van der Waals surface area contributed by atoms with Gasteiger partial charge in [-0.15, -0.1) is 0 Å². The first-order valence-electron chi connectivity index (χ1n) is 2.29. The Hall–Kier alpha value is 0.496. The molecule has 1 rings (SSSR count). The summed E-state index contributed by atoms with van der Waals surface area (Å²) in [6.07, 6.45) is 1.84. The molecule has 1 heterocycles. The molecule has 0 amide bonds. The maximum atomic E-state index is 5.93. The van der Waals surface area contributed by atoms with Gasteiger partial charge in [-0.05, 0) is 0 Å². The summed E-state index contributed by atoms with van der Waals surface area (Å²) in [6.45, 7) is 0. The first-order chi connectivity index (χ1) is 4.11. The first kappa shape index (κ1) is 7.60. The van der Waals surface area contributed by atoms with Gasteiger partial charge in [-0.1, -0.05) is 0 Å². The van der Waals surface area contributed by atoms with E-state index in [2.05, 4.69) is 4.98 Å². The second kappa shape index (κ2) is 2.62. The molecule has 0 radical (unpaired) electrons. The molecule has 0 aliphatic heterocycles. The predicted octanol–water partition coefficient (Wildman–Crippen LogP) is 2.15. The van der Waals surface area contributed by atoms with Crippen LogP contribution in [0.25, 0.3) is 0 Å². The molecule has 1 aromatic heterocycles. The van der Waals surface area contributed by atoms with E-state index in [-0.39, 0.29) is 0 Å². The minimum absolute atomic E-state index is 1.02. The van der Waals surface area contributed by atoms with E-state index in [9.17, 15) is 0 Å². The Morgan fingerprint density at radius 2 is 2.22 bits per heavy atom. The van der Waals surface area contributed by atoms with E-state index >= 15 is 0 Å². The summed E-state index contributed by atoms with van der Waals surface area (Å²) in [4.78, 5) is 3.00. The van der Waals surface area contributed by atoms with E-state index in [1.807, 2.05) is 23.8 Å². The van der Waals surface area contributed by atoms with Gasteiger partial charge in [-0.3, -0.25) is 0 Å². The second-order valence-corrected chi connectivity index (χ2v) is 17.4. The van der Waals surface area contributed by atoms with Crippen LogP contribution >= 0.6 is 19.3 Å². The number of hydrogen-bond acceptors (Lipinski definition) is 0. The van der Waals surface area contributed by atoms with Crippen LogP contribution in [0.4, 0.5) is 0 Å². The van der Waals surface area contributed by atoms with Crippen molar-refractivity contribution >= 4 is 23.5 Å². The maximum absolute atomic E-state index is 5.93. The number of aromatic nitrogens is 1. The molecule has 1 aromatic rings. The van der Waals surface area contributed by atoms with Crippen LogP contribution in [0.5, 0.6) is 0 Å². The molecule has 4 heteroatoms. The Morgan fingerprint density at radius 3 is 2.44 bits per heavy atom. The molecule has 54 valence electrons. The summed E-state index contributed by atoms with van der Waals surface area (Å²) in [6, 6.07) is 3.84. The van der Waals surface area contributed by atoms with E-state index in [0.717, 1.165) is 4.25 Å². The topological polar surface area (TPSA) is 15.8 Å². The van der Waals surface area contributed by atoms with Crippen molar-refractivity contribution in [1.29, 1.82) is 0 Å². The zero-order valence-electron chi connectivity index (χ0n) is 4.84. The van der Waals surface area contributed by atoms with Gasteiger partial charge in [0.1, 0.15) is 0 Å². The van der Waals surface area contributed by atoms with Crippen LogP contribution in [0.2, 0.25) is 5.48 Å². The zero-order valence-corrected chi connectivity index (χ0v) is 8.89. The van der Waals surface area contributed by atoms with Crippen molar-refractivity contribution in [3.8, 4) is 0 Å². The standard InChI is InChI=1S/C4H4N.CH3.2ClH.Os/c1-2-4-5-3-1;;;;/h1-3,5H;1H3;2*1H;/q;;;;+2/p-2. The van der Waals surface area contributed by atoms with Gasteiger partial charge in [-0.2, -0.15) is 0 Å². The summed E-state index contributed by atoms with van der Waals surface area (Å²) in [7, 11) is 11.9. The van der Waals surface area contributed by atoms with Gasteiger partial charge in [-0.25, -0.2) is 0 Å². The van der Waals surface area contributed by atoms with Gasteiger partial charge in [0.2, 0.25) is 0 Å². The molecule has 1 N–H and O–H groups in total.